The molecule has 0 saturated carbocycles. The van der Waals surface area contributed by atoms with Gasteiger partial charge in [0.2, 0.25) is 15.9 Å². The molecule has 1 fully saturated rings. The molecule has 0 N–H and O–H groups in total. The molecule has 0 aromatic carbocycles. The van der Waals surface area contributed by atoms with Crippen molar-refractivity contribution in [3.63, 3.8) is 0 Å². The van der Waals surface area contributed by atoms with Crippen LogP contribution in [0.2, 0.25) is 0 Å². The lowest BCUT2D eigenvalue weighted by Crippen LogP contribution is -2.35. The summed E-state index contributed by atoms with van der Waals surface area (Å²) in [6, 6.07) is 3.57. The van der Waals surface area contributed by atoms with Crippen molar-refractivity contribution in [2.75, 3.05) is 32.1 Å². The number of nitrogens with zero attached hydrogens (tertiary/aromatic N) is 4. The second kappa shape index (κ2) is 6.15. The van der Waals surface area contributed by atoms with E-state index >= 15 is 0 Å². The molecule has 21 heavy (non-hydrogen) atoms. The molecule has 8 heteroatoms. The molecule has 1 aliphatic heterocycles. The molecule has 118 valence electrons. The molecule has 0 amide bonds. The first kappa shape index (κ1) is 16.0. The number of sulfonamides is 1. The van der Waals surface area contributed by atoms with Gasteiger partial charge in [0.1, 0.15) is 6.10 Å². The fourth-order valence-electron chi connectivity index (χ4n) is 2.11. The average Bonchev–Trinajstić information content (AvgIpc) is 2.88. The Labute approximate surface area is 126 Å². The Hall–Kier alpha value is -1.41. The fraction of sp³-hybridized carbons (Fsp3) is 0.692. The Kier molecular flexibility index (Phi) is 4.67. The van der Waals surface area contributed by atoms with Crippen molar-refractivity contribution in [2.45, 2.75) is 31.6 Å². The number of anilines is 1. The maximum absolute atomic E-state index is 12.1. The highest BCUT2D eigenvalue weighted by Gasteiger charge is 2.34. The third-order valence-corrected chi connectivity index (χ3v) is 5.68. The van der Waals surface area contributed by atoms with Gasteiger partial charge in [0.05, 0.1) is 11.8 Å². The van der Waals surface area contributed by atoms with Gasteiger partial charge in [-0.15, -0.1) is 10.2 Å². The molecule has 0 aliphatic carbocycles. The zero-order valence-electron chi connectivity index (χ0n) is 12.9. The van der Waals surface area contributed by atoms with Crippen LogP contribution >= 0.6 is 0 Å². The molecule has 0 spiro atoms. The van der Waals surface area contributed by atoms with Gasteiger partial charge < -0.3 is 9.64 Å². The van der Waals surface area contributed by atoms with E-state index in [1.54, 1.807) is 19.9 Å². The van der Waals surface area contributed by atoms with Gasteiger partial charge in [-0.2, -0.15) is 4.31 Å². The van der Waals surface area contributed by atoms with E-state index in [2.05, 4.69) is 10.2 Å². The highest BCUT2D eigenvalue weighted by atomic mass is 32.2. The highest BCUT2D eigenvalue weighted by Crippen LogP contribution is 2.21. The van der Waals surface area contributed by atoms with Crippen LogP contribution in [0.3, 0.4) is 0 Å². The molecular formula is C13H22N4O3S. The minimum absolute atomic E-state index is 0.168. The van der Waals surface area contributed by atoms with Crippen LogP contribution in [0.15, 0.2) is 12.1 Å². The Bertz CT molecular complexity index is 572. The van der Waals surface area contributed by atoms with Crippen molar-refractivity contribution in [2.24, 2.45) is 0 Å². The van der Waals surface area contributed by atoms with Crippen LogP contribution in [0.1, 0.15) is 20.3 Å². The van der Waals surface area contributed by atoms with E-state index in [-0.39, 0.29) is 6.10 Å². The van der Waals surface area contributed by atoms with Crippen molar-refractivity contribution < 1.29 is 13.2 Å². The monoisotopic (exact) mass is 314 g/mol. The predicted octanol–water partition coefficient (Wildman–Crippen LogP) is 0.734. The molecule has 0 unspecified atom stereocenters. The smallest absolute Gasteiger partial charge is 0.233 e. The Morgan fingerprint density at radius 3 is 2.57 bits per heavy atom. The van der Waals surface area contributed by atoms with Crippen molar-refractivity contribution in [3.8, 4) is 5.88 Å². The zero-order valence-corrected chi connectivity index (χ0v) is 13.7. The van der Waals surface area contributed by atoms with Crippen molar-refractivity contribution in [1.29, 1.82) is 0 Å². The minimum atomic E-state index is -3.21. The number of ether oxygens (including phenoxy) is 1. The summed E-state index contributed by atoms with van der Waals surface area (Å²) in [5.74, 6) is 1.17. The van der Waals surface area contributed by atoms with Gasteiger partial charge in [-0.25, -0.2) is 8.42 Å². The van der Waals surface area contributed by atoms with E-state index in [0.29, 0.717) is 25.4 Å². The number of aromatic nitrogens is 2. The maximum Gasteiger partial charge on any atom is 0.233 e. The van der Waals surface area contributed by atoms with Crippen molar-refractivity contribution >= 4 is 15.8 Å². The molecule has 0 bridgehead atoms. The normalized spacial score (nSPS) is 20.0. The van der Waals surface area contributed by atoms with E-state index in [0.717, 1.165) is 5.82 Å². The summed E-state index contributed by atoms with van der Waals surface area (Å²) in [6.45, 7) is 4.25. The second-order valence-electron chi connectivity index (χ2n) is 5.60. The minimum Gasteiger partial charge on any atom is -0.472 e. The Morgan fingerprint density at radius 1 is 1.33 bits per heavy atom. The van der Waals surface area contributed by atoms with Crippen LogP contribution in [0.4, 0.5) is 5.82 Å². The van der Waals surface area contributed by atoms with Crippen LogP contribution < -0.4 is 9.64 Å². The molecule has 1 aliphatic rings. The SMILES string of the molecule is CC(C)S(=O)(=O)N1CC[C@H](Oc2ccc(N(C)C)nn2)C1. The molecule has 2 rings (SSSR count). The van der Waals surface area contributed by atoms with Gasteiger partial charge in [0, 0.05) is 26.7 Å². The molecule has 1 saturated heterocycles. The topological polar surface area (TPSA) is 75.6 Å². The summed E-state index contributed by atoms with van der Waals surface area (Å²) < 4.78 is 31.4. The Balaban J connectivity index is 1.97. The van der Waals surface area contributed by atoms with Crippen LogP contribution in [-0.2, 0) is 10.0 Å². The van der Waals surface area contributed by atoms with Gasteiger partial charge in [0.15, 0.2) is 5.82 Å². The number of hydrogen-bond acceptors (Lipinski definition) is 6. The second-order valence-corrected chi connectivity index (χ2v) is 8.09. The standard InChI is InChI=1S/C13H22N4O3S/c1-10(2)21(18,19)17-8-7-11(9-17)20-13-6-5-12(14-15-13)16(3)4/h5-6,10-11H,7-9H2,1-4H3/t11-/m0/s1. The van der Waals surface area contributed by atoms with Crippen LogP contribution in [0.25, 0.3) is 0 Å². The number of rotatable bonds is 5. The third-order valence-electron chi connectivity index (χ3n) is 3.43. The molecule has 2 heterocycles. The summed E-state index contributed by atoms with van der Waals surface area (Å²) in [5, 5.41) is 7.63. The highest BCUT2D eigenvalue weighted by molar-refractivity contribution is 7.89. The lowest BCUT2D eigenvalue weighted by atomic mass is 10.3. The first-order valence-corrected chi connectivity index (χ1v) is 8.47. The summed E-state index contributed by atoms with van der Waals surface area (Å²) in [4.78, 5) is 1.85. The van der Waals surface area contributed by atoms with Gasteiger partial charge in [-0.3, -0.25) is 0 Å². The van der Waals surface area contributed by atoms with E-state index < -0.39 is 15.3 Å². The first-order valence-electron chi connectivity index (χ1n) is 6.97. The predicted molar refractivity (Wildman–Crippen MR) is 81.0 cm³/mol. The zero-order chi connectivity index (χ0) is 15.6. The van der Waals surface area contributed by atoms with Crippen molar-refractivity contribution in [1.82, 2.24) is 14.5 Å². The van der Waals surface area contributed by atoms with Gasteiger partial charge in [-0.1, -0.05) is 0 Å². The van der Waals surface area contributed by atoms with Gasteiger partial charge >= 0.3 is 0 Å². The Morgan fingerprint density at radius 2 is 2.05 bits per heavy atom. The summed E-state index contributed by atoms with van der Waals surface area (Å²) in [5.41, 5.74) is 0. The number of hydrogen-bond donors (Lipinski definition) is 0. The summed E-state index contributed by atoms with van der Waals surface area (Å²) in [6.07, 6.45) is 0.501. The van der Waals surface area contributed by atoms with Crippen LogP contribution in [-0.4, -0.2) is 61.5 Å². The van der Waals surface area contributed by atoms with E-state index in [9.17, 15) is 8.42 Å². The van der Waals surface area contributed by atoms with Gasteiger partial charge in [0.25, 0.3) is 0 Å². The fourth-order valence-corrected chi connectivity index (χ4v) is 3.44. The third kappa shape index (κ3) is 3.62. The molecule has 1 aromatic heterocycles. The molecular weight excluding hydrogens is 292 g/mol. The average molecular weight is 314 g/mol. The van der Waals surface area contributed by atoms with Gasteiger partial charge in [-0.05, 0) is 26.3 Å². The van der Waals surface area contributed by atoms with E-state index in [1.165, 1.54) is 4.31 Å². The molecule has 1 atom stereocenters. The lowest BCUT2D eigenvalue weighted by Gasteiger charge is -2.19. The lowest BCUT2D eigenvalue weighted by molar-refractivity contribution is 0.204. The van der Waals surface area contributed by atoms with E-state index in [1.807, 2.05) is 25.1 Å². The molecule has 7 nitrogen and oxygen atoms in total. The van der Waals surface area contributed by atoms with Crippen molar-refractivity contribution in [3.05, 3.63) is 12.1 Å². The summed E-state index contributed by atoms with van der Waals surface area (Å²) >= 11 is 0. The molecule has 0 radical (unpaired) electrons. The molecule has 1 aromatic rings. The van der Waals surface area contributed by atoms with E-state index in [4.69, 9.17) is 4.74 Å². The van der Waals surface area contributed by atoms with Crippen LogP contribution in [0.5, 0.6) is 5.88 Å². The van der Waals surface area contributed by atoms with Crippen LogP contribution in [0, 0.1) is 0 Å². The first-order chi connectivity index (χ1) is 9.80. The summed E-state index contributed by atoms with van der Waals surface area (Å²) in [7, 11) is 0.561. The largest absolute Gasteiger partial charge is 0.472 e. The maximum atomic E-state index is 12.1. The quantitative estimate of drug-likeness (QED) is 0.798.